The van der Waals surface area contributed by atoms with Gasteiger partial charge in [0.25, 0.3) is 0 Å². The van der Waals surface area contributed by atoms with Crippen molar-refractivity contribution in [1.82, 2.24) is 0 Å². The molecular weight excluding hydrogens is 152 g/mol. The van der Waals surface area contributed by atoms with Gasteiger partial charge in [-0.3, -0.25) is 0 Å². The third-order valence-electron chi connectivity index (χ3n) is 1.55. The predicted octanol–water partition coefficient (Wildman–Crippen LogP) is 1.71. The lowest BCUT2D eigenvalue weighted by Gasteiger charge is -2.06. The van der Waals surface area contributed by atoms with E-state index in [0.29, 0.717) is 5.69 Å². The predicted molar refractivity (Wildman–Crippen MR) is 51.6 cm³/mol. The Hall–Kier alpha value is -1.38. The standard InChI is InChI=1S/C9H14N2O/c1-3-11-8-4-7(10)5-9(6-8)12-2/h4-6,11H,3,10H2,1-2H3. The number of benzene rings is 1. The lowest BCUT2D eigenvalue weighted by Crippen LogP contribution is -1.98. The Morgan fingerprint density at radius 2 is 2.17 bits per heavy atom. The molecule has 0 aliphatic heterocycles. The fourth-order valence-corrected chi connectivity index (χ4v) is 1.05. The van der Waals surface area contributed by atoms with Crippen LogP contribution in [0.15, 0.2) is 18.2 Å². The first-order valence-electron chi connectivity index (χ1n) is 3.94. The molecule has 0 aromatic heterocycles. The maximum absolute atomic E-state index is 5.65. The second-order valence-corrected chi connectivity index (χ2v) is 2.53. The average molecular weight is 166 g/mol. The monoisotopic (exact) mass is 166 g/mol. The molecule has 0 heterocycles. The van der Waals surface area contributed by atoms with E-state index in [9.17, 15) is 0 Å². The van der Waals surface area contributed by atoms with Crippen LogP contribution in [-0.2, 0) is 0 Å². The van der Waals surface area contributed by atoms with E-state index in [-0.39, 0.29) is 0 Å². The van der Waals surface area contributed by atoms with Crippen LogP contribution in [0.4, 0.5) is 11.4 Å². The summed E-state index contributed by atoms with van der Waals surface area (Å²) in [5.74, 6) is 0.783. The lowest BCUT2D eigenvalue weighted by molar-refractivity contribution is 0.415. The van der Waals surface area contributed by atoms with E-state index < -0.39 is 0 Å². The van der Waals surface area contributed by atoms with Gasteiger partial charge in [0.15, 0.2) is 0 Å². The highest BCUT2D eigenvalue weighted by atomic mass is 16.5. The van der Waals surface area contributed by atoms with E-state index in [4.69, 9.17) is 10.5 Å². The number of anilines is 2. The largest absolute Gasteiger partial charge is 0.497 e. The molecule has 0 bridgehead atoms. The van der Waals surface area contributed by atoms with Crippen LogP contribution < -0.4 is 15.8 Å². The van der Waals surface area contributed by atoms with Gasteiger partial charge in [-0.15, -0.1) is 0 Å². The van der Waals surface area contributed by atoms with Gasteiger partial charge in [0.2, 0.25) is 0 Å². The van der Waals surface area contributed by atoms with Crippen molar-refractivity contribution >= 4 is 11.4 Å². The minimum Gasteiger partial charge on any atom is -0.497 e. The molecule has 0 radical (unpaired) electrons. The molecule has 0 amide bonds. The summed E-state index contributed by atoms with van der Waals surface area (Å²) < 4.78 is 5.06. The number of hydrogen-bond acceptors (Lipinski definition) is 3. The molecule has 1 rings (SSSR count). The molecule has 0 saturated heterocycles. The van der Waals surface area contributed by atoms with Gasteiger partial charge in [-0.25, -0.2) is 0 Å². The number of nitrogens with one attached hydrogen (secondary N) is 1. The zero-order valence-corrected chi connectivity index (χ0v) is 7.42. The molecule has 0 unspecified atom stereocenters. The van der Waals surface area contributed by atoms with Crippen LogP contribution in [0.3, 0.4) is 0 Å². The van der Waals surface area contributed by atoms with Gasteiger partial charge in [0, 0.05) is 30.1 Å². The van der Waals surface area contributed by atoms with Crippen LogP contribution in [0.25, 0.3) is 0 Å². The Balaban J connectivity index is 2.90. The molecule has 0 saturated carbocycles. The summed E-state index contributed by atoms with van der Waals surface area (Å²) in [6.45, 7) is 2.92. The number of methoxy groups -OCH3 is 1. The fraction of sp³-hybridized carbons (Fsp3) is 0.333. The summed E-state index contributed by atoms with van der Waals surface area (Å²) in [4.78, 5) is 0. The molecule has 3 heteroatoms. The van der Waals surface area contributed by atoms with Crippen molar-refractivity contribution in [2.24, 2.45) is 0 Å². The maximum Gasteiger partial charge on any atom is 0.122 e. The minimum absolute atomic E-state index is 0.713. The Labute approximate surface area is 72.5 Å². The van der Waals surface area contributed by atoms with Gasteiger partial charge in [0.05, 0.1) is 7.11 Å². The van der Waals surface area contributed by atoms with Crippen molar-refractivity contribution in [2.75, 3.05) is 24.7 Å². The van der Waals surface area contributed by atoms with Crippen molar-refractivity contribution < 1.29 is 4.74 Å². The molecule has 1 aromatic rings. The van der Waals surface area contributed by atoms with Crippen LogP contribution in [-0.4, -0.2) is 13.7 Å². The maximum atomic E-state index is 5.65. The highest BCUT2D eigenvalue weighted by molar-refractivity contribution is 5.59. The second kappa shape index (κ2) is 3.85. The number of nitrogens with two attached hydrogens (primary N) is 1. The molecule has 0 atom stereocenters. The Kier molecular flexibility index (Phi) is 2.80. The molecule has 0 aliphatic rings. The smallest absolute Gasteiger partial charge is 0.122 e. The SMILES string of the molecule is CCNc1cc(N)cc(OC)c1. The van der Waals surface area contributed by atoms with E-state index in [1.807, 2.05) is 19.1 Å². The van der Waals surface area contributed by atoms with Gasteiger partial charge >= 0.3 is 0 Å². The quantitative estimate of drug-likeness (QED) is 0.672. The van der Waals surface area contributed by atoms with E-state index in [1.54, 1.807) is 13.2 Å². The molecule has 1 aromatic carbocycles. The summed E-state index contributed by atoms with van der Waals surface area (Å²) in [5, 5.41) is 3.16. The Bertz CT molecular complexity index is 261. The van der Waals surface area contributed by atoms with E-state index >= 15 is 0 Å². The summed E-state index contributed by atoms with van der Waals surface area (Å²) >= 11 is 0. The normalized spacial score (nSPS) is 9.50. The number of nitrogen functional groups attached to an aromatic ring is 1. The van der Waals surface area contributed by atoms with Crippen LogP contribution in [0, 0.1) is 0 Å². The third kappa shape index (κ3) is 2.05. The fourth-order valence-electron chi connectivity index (χ4n) is 1.05. The van der Waals surface area contributed by atoms with E-state index in [1.165, 1.54) is 0 Å². The van der Waals surface area contributed by atoms with Gasteiger partial charge < -0.3 is 15.8 Å². The first kappa shape index (κ1) is 8.71. The van der Waals surface area contributed by atoms with Gasteiger partial charge in [-0.05, 0) is 13.0 Å². The van der Waals surface area contributed by atoms with Crippen molar-refractivity contribution in [1.29, 1.82) is 0 Å². The van der Waals surface area contributed by atoms with Crippen LogP contribution in [0.2, 0.25) is 0 Å². The van der Waals surface area contributed by atoms with Crippen molar-refractivity contribution in [3.8, 4) is 5.75 Å². The van der Waals surface area contributed by atoms with Crippen molar-refractivity contribution in [3.63, 3.8) is 0 Å². The first-order chi connectivity index (χ1) is 5.76. The molecular formula is C9H14N2O. The Morgan fingerprint density at radius 1 is 1.42 bits per heavy atom. The molecule has 0 fully saturated rings. The Morgan fingerprint density at radius 3 is 2.75 bits per heavy atom. The average Bonchev–Trinajstić information content (AvgIpc) is 2.04. The number of hydrogen-bond donors (Lipinski definition) is 2. The number of ether oxygens (including phenoxy) is 1. The summed E-state index contributed by atoms with van der Waals surface area (Å²) in [7, 11) is 1.63. The highest BCUT2D eigenvalue weighted by Crippen LogP contribution is 2.21. The van der Waals surface area contributed by atoms with Gasteiger partial charge in [0.1, 0.15) is 5.75 Å². The van der Waals surface area contributed by atoms with Crippen molar-refractivity contribution in [2.45, 2.75) is 6.92 Å². The number of rotatable bonds is 3. The lowest BCUT2D eigenvalue weighted by atomic mass is 10.2. The van der Waals surface area contributed by atoms with Crippen LogP contribution >= 0.6 is 0 Å². The first-order valence-corrected chi connectivity index (χ1v) is 3.94. The minimum atomic E-state index is 0.713. The topological polar surface area (TPSA) is 47.3 Å². The molecule has 12 heavy (non-hydrogen) atoms. The van der Waals surface area contributed by atoms with Gasteiger partial charge in [-0.2, -0.15) is 0 Å². The van der Waals surface area contributed by atoms with E-state index in [0.717, 1.165) is 18.0 Å². The zero-order valence-electron chi connectivity index (χ0n) is 7.42. The van der Waals surface area contributed by atoms with Crippen molar-refractivity contribution in [3.05, 3.63) is 18.2 Å². The molecule has 3 N–H and O–H groups in total. The van der Waals surface area contributed by atoms with Crippen LogP contribution in [0.1, 0.15) is 6.92 Å². The molecule has 3 nitrogen and oxygen atoms in total. The third-order valence-corrected chi connectivity index (χ3v) is 1.55. The van der Waals surface area contributed by atoms with Gasteiger partial charge in [-0.1, -0.05) is 0 Å². The van der Waals surface area contributed by atoms with Crippen LogP contribution in [0.5, 0.6) is 5.75 Å². The molecule has 0 spiro atoms. The summed E-state index contributed by atoms with van der Waals surface area (Å²) in [5.41, 5.74) is 7.35. The second-order valence-electron chi connectivity index (χ2n) is 2.53. The van der Waals surface area contributed by atoms with E-state index in [2.05, 4.69) is 5.32 Å². The molecule has 0 aliphatic carbocycles. The molecule has 66 valence electrons. The summed E-state index contributed by atoms with van der Waals surface area (Å²) in [6.07, 6.45) is 0. The summed E-state index contributed by atoms with van der Waals surface area (Å²) in [6, 6.07) is 5.59. The highest BCUT2D eigenvalue weighted by Gasteiger charge is 1.96. The zero-order chi connectivity index (χ0) is 8.97.